The fourth-order valence-electron chi connectivity index (χ4n) is 12.7. The van der Waals surface area contributed by atoms with Crippen LogP contribution in [0.4, 0.5) is 0 Å². The molecule has 0 spiro atoms. The summed E-state index contributed by atoms with van der Waals surface area (Å²) in [5.74, 6) is -7.57. The second-order valence-corrected chi connectivity index (χ2v) is 24.9. The van der Waals surface area contributed by atoms with Crippen LogP contribution in [-0.2, 0) is 61.9 Å². The molecule has 8 rings (SSSR count). The van der Waals surface area contributed by atoms with Gasteiger partial charge in [-0.05, 0) is 80.5 Å². The summed E-state index contributed by atoms with van der Waals surface area (Å²) >= 11 is 0. The van der Waals surface area contributed by atoms with Crippen molar-refractivity contribution < 1.29 is 81.7 Å². The third kappa shape index (κ3) is 12.4. The molecule has 12 atom stereocenters. The number of unbranched alkanes of at least 4 members (excludes halogenated alkanes) is 1. The number of benzene rings is 3. The van der Waals surface area contributed by atoms with Crippen LogP contribution >= 0.6 is 21.6 Å². The maximum absolute atomic E-state index is 16.1. The highest BCUT2D eigenvalue weighted by Crippen LogP contribution is 2.65. The average molecular weight is 1140 g/mol. The average Bonchev–Trinajstić information content (AvgIpc) is 3.99. The van der Waals surface area contributed by atoms with Gasteiger partial charge < -0.3 is 48.7 Å². The van der Waals surface area contributed by atoms with Gasteiger partial charge in [0.15, 0.2) is 11.7 Å². The fourth-order valence-corrected chi connectivity index (χ4v) is 15.7. The van der Waals surface area contributed by atoms with Gasteiger partial charge in [-0.3, -0.25) is 28.8 Å². The van der Waals surface area contributed by atoms with E-state index in [1.54, 1.807) is 113 Å². The van der Waals surface area contributed by atoms with Gasteiger partial charge in [-0.15, -0.1) is 0 Å². The predicted molar refractivity (Wildman–Crippen MR) is 293 cm³/mol. The van der Waals surface area contributed by atoms with Crippen molar-refractivity contribution in [3.63, 3.8) is 0 Å². The maximum atomic E-state index is 16.1. The summed E-state index contributed by atoms with van der Waals surface area (Å²) in [6, 6.07) is 23.1. The minimum atomic E-state index is -2.33. The summed E-state index contributed by atoms with van der Waals surface area (Å²) in [5, 5.41) is 29.3. The Bertz CT molecular complexity index is 2810. The number of amides is 1. The number of hydrogen-bond donors (Lipinski definition) is 3. The molecule has 3 aliphatic carbocycles. The molecule has 20 heteroatoms. The van der Waals surface area contributed by atoms with Crippen molar-refractivity contribution >= 4 is 69.1 Å². The lowest BCUT2D eigenvalue weighted by atomic mass is 9.43. The summed E-state index contributed by atoms with van der Waals surface area (Å²) in [7, 11) is 3.75. The molecule has 430 valence electrons. The lowest BCUT2D eigenvalue weighted by Crippen LogP contribution is -2.81. The molecule has 1 amide bonds. The zero-order valence-electron chi connectivity index (χ0n) is 45.9. The Hall–Kier alpha value is -6.06. The quantitative estimate of drug-likeness (QED) is 0.0229. The zero-order chi connectivity index (χ0) is 57.6. The number of aliphatic hydroxyl groups excluding tert-OH is 1. The number of esters is 6. The second kappa shape index (κ2) is 25.4. The van der Waals surface area contributed by atoms with Crippen LogP contribution in [0.1, 0.15) is 138 Å². The predicted octanol–water partition coefficient (Wildman–Crippen LogP) is 7.92. The van der Waals surface area contributed by atoms with Crippen molar-refractivity contribution in [1.82, 2.24) is 5.32 Å². The molecule has 0 radical (unpaired) electrons. The second-order valence-electron chi connectivity index (χ2n) is 22.1. The Morgan fingerprint density at radius 3 is 2.01 bits per heavy atom. The van der Waals surface area contributed by atoms with Gasteiger partial charge in [-0.25, -0.2) is 9.59 Å². The van der Waals surface area contributed by atoms with Crippen molar-refractivity contribution in [3.8, 4) is 0 Å². The lowest BCUT2D eigenvalue weighted by molar-refractivity contribution is -0.346. The molecule has 2 saturated heterocycles. The monoisotopic (exact) mass is 1140 g/mol. The molecule has 3 unspecified atom stereocenters. The van der Waals surface area contributed by atoms with Crippen LogP contribution in [-0.4, -0.2) is 124 Å². The molecular weight excluding hydrogens is 1070 g/mol. The number of carbonyl (C=O) groups excluding carboxylic acids is 8. The van der Waals surface area contributed by atoms with Gasteiger partial charge >= 0.3 is 35.8 Å². The number of nitrogens with one attached hydrogen (secondary N) is 1. The van der Waals surface area contributed by atoms with E-state index in [0.717, 1.165) is 25.0 Å². The van der Waals surface area contributed by atoms with Crippen LogP contribution in [0.25, 0.3) is 0 Å². The number of ketones is 1. The van der Waals surface area contributed by atoms with E-state index in [0.29, 0.717) is 28.4 Å². The van der Waals surface area contributed by atoms with Gasteiger partial charge in [-0.1, -0.05) is 116 Å². The summed E-state index contributed by atoms with van der Waals surface area (Å²) < 4.78 is 41.7. The largest absolute Gasteiger partial charge is 0.461 e. The highest BCUT2D eigenvalue weighted by atomic mass is 33.1. The molecular formula is C60H71NO17S2. The maximum Gasteiger partial charge on any atom is 0.338 e. The molecule has 2 heterocycles. The molecule has 3 aromatic carbocycles. The van der Waals surface area contributed by atoms with E-state index in [-0.39, 0.29) is 49.8 Å². The van der Waals surface area contributed by atoms with E-state index in [4.69, 9.17) is 33.2 Å². The number of hydrogen-bond acceptors (Lipinski definition) is 19. The SMILES string of the molecule is CC(=O)O[C@@]12COC1C[C@H](OC(=O)CCCC(=O)OCOC(=O)CCCCC1CCSS1)[C@@]1(C)C(=O)[C@H](C)C3=C(C)C(OC(=O)[C@H](O)[C@@H](NC(=O)c4ccccc4)c4ccccc4)C[C@@](O)([C@@H](OC(=O)c4ccccc4)[C@@H]12)C3(C)C. The van der Waals surface area contributed by atoms with Gasteiger partial charge in [0.25, 0.3) is 5.91 Å². The molecule has 2 saturated carbocycles. The Kier molecular flexibility index (Phi) is 19.1. The van der Waals surface area contributed by atoms with E-state index < -0.39 is 131 Å². The third-order valence-electron chi connectivity index (χ3n) is 16.8. The summed E-state index contributed by atoms with van der Waals surface area (Å²) in [6.07, 6.45) is -5.00. The molecule has 4 fully saturated rings. The van der Waals surface area contributed by atoms with Gasteiger partial charge in [0.2, 0.25) is 6.79 Å². The highest BCUT2D eigenvalue weighted by Gasteiger charge is 2.78. The fraction of sp³-hybridized carbons (Fsp3) is 0.533. The number of aliphatic hydroxyl groups is 2. The van der Waals surface area contributed by atoms with E-state index >= 15 is 4.79 Å². The molecule has 0 aromatic heterocycles. The summed E-state index contributed by atoms with van der Waals surface area (Å²) in [6.45, 7) is 8.45. The van der Waals surface area contributed by atoms with Crippen LogP contribution in [0.3, 0.4) is 0 Å². The van der Waals surface area contributed by atoms with Crippen molar-refractivity contribution in [2.45, 2.75) is 159 Å². The van der Waals surface area contributed by atoms with Crippen LogP contribution in [0.5, 0.6) is 0 Å². The first kappa shape index (κ1) is 60.0. The van der Waals surface area contributed by atoms with Gasteiger partial charge in [0.05, 0.1) is 29.5 Å². The summed E-state index contributed by atoms with van der Waals surface area (Å²) in [4.78, 5) is 111. The van der Waals surface area contributed by atoms with Crippen molar-refractivity contribution in [2.75, 3.05) is 19.2 Å². The first-order chi connectivity index (χ1) is 38.1. The Labute approximate surface area is 473 Å². The summed E-state index contributed by atoms with van der Waals surface area (Å²) in [5.41, 5.74) is -6.18. The standard InChI is InChI=1S/C60H71NO17S2/c1-35-42(75-56(70)50(66)49(38-19-10-7-11-20-38)61-54(68)39-21-12-8-13-22-39)32-60(71)53(77-55(69)40-23-14-9-15-24-40)51-58(6,52(67)36(2)48(35)57(60,4)5)43(31-44-59(51,33-72-44)78-37(3)62)76-47(65)28-18-27-46(64)74-34-73-45(63)26-17-16-25-41-29-30-79-80-41/h7-15,19-24,36,41-44,49-51,53,66,71H,16-18,25-34H2,1-6H3,(H,61,68)/t36-,41?,42?,43+,44?,49+,50-,51+,53+,58-,59+,60-/m1/s1. The van der Waals surface area contributed by atoms with E-state index in [9.17, 15) is 43.8 Å². The van der Waals surface area contributed by atoms with Crippen LogP contribution in [0.15, 0.2) is 102 Å². The van der Waals surface area contributed by atoms with Crippen molar-refractivity contribution in [2.24, 2.45) is 22.7 Å². The Morgan fingerprint density at radius 1 is 0.800 bits per heavy atom. The number of carbonyl (C=O) groups is 8. The molecule has 3 aromatic rings. The minimum Gasteiger partial charge on any atom is -0.461 e. The number of Topliss-reactive ketones (excluding diaryl/α,β-unsaturated/α-hetero) is 1. The normalized spacial score (nSPS) is 29.1. The van der Waals surface area contributed by atoms with Gasteiger partial charge in [-0.2, -0.15) is 0 Å². The zero-order valence-corrected chi connectivity index (χ0v) is 47.5. The number of ether oxygens (including phenoxy) is 7. The minimum absolute atomic E-state index is 0.0464. The van der Waals surface area contributed by atoms with Crippen molar-refractivity contribution in [1.29, 1.82) is 0 Å². The Balaban J connectivity index is 1.08. The smallest absolute Gasteiger partial charge is 0.338 e. The number of rotatable bonds is 21. The molecule has 3 N–H and O–H groups in total. The molecule has 18 nitrogen and oxygen atoms in total. The number of fused-ring (bicyclic) bond motifs is 5. The molecule has 5 aliphatic rings. The third-order valence-corrected chi connectivity index (χ3v) is 19.9. The highest BCUT2D eigenvalue weighted by molar-refractivity contribution is 8.77. The lowest BCUT2D eigenvalue weighted by Gasteiger charge is -2.67. The van der Waals surface area contributed by atoms with E-state index in [1.807, 2.05) is 21.6 Å². The first-order valence-electron chi connectivity index (χ1n) is 27.3. The Morgan fingerprint density at radius 2 is 1.41 bits per heavy atom. The molecule has 2 aliphatic heterocycles. The van der Waals surface area contributed by atoms with E-state index in [2.05, 4.69) is 5.32 Å². The van der Waals surface area contributed by atoms with E-state index in [1.165, 1.54) is 19.1 Å². The van der Waals surface area contributed by atoms with Crippen molar-refractivity contribution in [3.05, 3.63) is 119 Å². The van der Waals surface area contributed by atoms with Crippen LogP contribution < -0.4 is 5.32 Å². The van der Waals surface area contributed by atoms with Gasteiger partial charge in [0, 0.05) is 66.9 Å². The van der Waals surface area contributed by atoms with Crippen LogP contribution in [0.2, 0.25) is 0 Å². The van der Waals surface area contributed by atoms with Crippen LogP contribution in [0, 0.1) is 22.7 Å². The molecule has 80 heavy (non-hydrogen) atoms. The topological polar surface area (TPSA) is 254 Å². The first-order valence-corrected chi connectivity index (χ1v) is 29.6. The molecule has 2 bridgehead atoms. The van der Waals surface area contributed by atoms with Gasteiger partial charge in [0.1, 0.15) is 35.8 Å².